The fourth-order valence-electron chi connectivity index (χ4n) is 1.88. The van der Waals surface area contributed by atoms with E-state index in [0.29, 0.717) is 10.1 Å². The number of aromatic hydroxyl groups is 1. The first kappa shape index (κ1) is 16.5. The van der Waals surface area contributed by atoms with Gasteiger partial charge in [-0.1, -0.05) is 22.0 Å². The maximum atomic E-state index is 12.0. The molecule has 4 nitrogen and oxygen atoms in total. The summed E-state index contributed by atoms with van der Waals surface area (Å²) >= 11 is 6.72. The highest BCUT2D eigenvalue weighted by Crippen LogP contribution is 2.29. The minimum Gasteiger partial charge on any atom is -0.507 e. The van der Waals surface area contributed by atoms with E-state index in [0.717, 1.165) is 19.3 Å². The van der Waals surface area contributed by atoms with E-state index in [9.17, 15) is 9.90 Å². The Hall–Kier alpha value is -1.32. The van der Waals surface area contributed by atoms with E-state index in [1.54, 1.807) is 18.2 Å². The van der Waals surface area contributed by atoms with Crippen LogP contribution in [0.15, 0.2) is 56.8 Å². The molecule has 3 rings (SSSR count). The molecule has 1 aliphatic rings. The molecular formula is C16H10BrIN2O2S. The molecule has 2 aromatic rings. The van der Waals surface area contributed by atoms with Gasteiger partial charge in [0.25, 0.3) is 5.91 Å². The standard InChI is InChI=1S/C16H10BrIN2O2S/c17-10-2-4-11(5-3-10)19-16-20-15(22)14(23-16)8-9-1-6-13(21)12(18)7-9/h1-8,21H,(H,19,20,22)/b14-8-. The molecule has 7 heteroatoms. The fraction of sp³-hybridized carbons (Fsp3) is 0. The van der Waals surface area contributed by atoms with Crippen LogP contribution in [-0.2, 0) is 4.79 Å². The van der Waals surface area contributed by atoms with Crippen molar-refractivity contribution < 1.29 is 9.90 Å². The molecule has 2 aromatic carbocycles. The number of benzene rings is 2. The molecule has 0 spiro atoms. The number of aliphatic imine (C=N–C) groups is 1. The van der Waals surface area contributed by atoms with E-state index >= 15 is 0 Å². The van der Waals surface area contributed by atoms with Crippen molar-refractivity contribution in [2.45, 2.75) is 0 Å². The van der Waals surface area contributed by atoms with Gasteiger partial charge in [-0.15, -0.1) is 0 Å². The number of phenolic OH excluding ortho intramolecular Hbond substituents is 1. The van der Waals surface area contributed by atoms with Crippen LogP contribution >= 0.6 is 50.3 Å². The molecule has 1 aliphatic heterocycles. The summed E-state index contributed by atoms with van der Waals surface area (Å²) in [5.74, 6) is 0.0581. The van der Waals surface area contributed by atoms with Crippen molar-refractivity contribution in [3.63, 3.8) is 0 Å². The third-order valence-electron chi connectivity index (χ3n) is 2.98. The number of amidine groups is 1. The van der Waals surface area contributed by atoms with Crippen molar-refractivity contribution >= 4 is 73.1 Å². The zero-order valence-electron chi connectivity index (χ0n) is 11.6. The Kier molecular flexibility index (Phi) is 5.08. The third kappa shape index (κ3) is 4.15. The molecule has 1 fully saturated rings. The topological polar surface area (TPSA) is 61.7 Å². The summed E-state index contributed by atoms with van der Waals surface area (Å²) in [5.41, 5.74) is 1.63. The van der Waals surface area contributed by atoms with E-state index in [2.05, 4.69) is 26.2 Å². The van der Waals surface area contributed by atoms with Gasteiger partial charge >= 0.3 is 0 Å². The lowest BCUT2D eigenvalue weighted by Gasteiger charge is -1.99. The largest absolute Gasteiger partial charge is 0.507 e. The van der Waals surface area contributed by atoms with Crippen molar-refractivity contribution in [1.82, 2.24) is 5.32 Å². The first-order valence-corrected chi connectivity index (χ1v) is 9.24. The number of carbonyl (C=O) groups excluding carboxylic acids is 1. The number of nitrogens with one attached hydrogen (secondary N) is 1. The SMILES string of the molecule is O=C1NC(=Nc2ccc(Br)cc2)S/C1=C\c1ccc(O)c(I)c1. The smallest absolute Gasteiger partial charge is 0.264 e. The molecule has 0 aliphatic carbocycles. The third-order valence-corrected chi connectivity index (χ3v) is 5.28. The second-order valence-electron chi connectivity index (χ2n) is 4.67. The highest BCUT2D eigenvalue weighted by molar-refractivity contribution is 14.1. The van der Waals surface area contributed by atoms with Crippen molar-refractivity contribution in [1.29, 1.82) is 0 Å². The van der Waals surface area contributed by atoms with Crippen LogP contribution in [0, 0.1) is 3.57 Å². The number of phenols is 1. The van der Waals surface area contributed by atoms with Gasteiger partial charge in [0.2, 0.25) is 0 Å². The molecule has 2 N–H and O–H groups in total. The summed E-state index contributed by atoms with van der Waals surface area (Å²) in [6, 6.07) is 12.7. The van der Waals surface area contributed by atoms with Gasteiger partial charge in [0.1, 0.15) is 5.75 Å². The molecule has 0 bridgehead atoms. The number of rotatable bonds is 2. The van der Waals surface area contributed by atoms with Crippen LogP contribution in [0.4, 0.5) is 5.69 Å². The first-order chi connectivity index (χ1) is 11.0. The van der Waals surface area contributed by atoms with Crippen LogP contribution in [0.25, 0.3) is 6.08 Å². The Morgan fingerprint density at radius 1 is 1.22 bits per heavy atom. The maximum Gasteiger partial charge on any atom is 0.264 e. The van der Waals surface area contributed by atoms with Gasteiger partial charge in [0, 0.05) is 4.47 Å². The number of hydrogen-bond donors (Lipinski definition) is 2. The summed E-state index contributed by atoms with van der Waals surface area (Å²) in [6.07, 6.45) is 1.78. The minimum absolute atomic E-state index is 0.172. The second kappa shape index (κ2) is 7.06. The highest BCUT2D eigenvalue weighted by atomic mass is 127. The molecule has 23 heavy (non-hydrogen) atoms. The Morgan fingerprint density at radius 2 is 1.96 bits per heavy atom. The molecule has 0 unspecified atom stereocenters. The van der Waals surface area contributed by atoms with Crippen molar-refractivity contribution in [2.24, 2.45) is 4.99 Å². The quantitative estimate of drug-likeness (QED) is 0.466. The Bertz CT molecular complexity index is 834. The number of halogens is 2. The monoisotopic (exact) mass is 500 g/mol. The Morgan fingerprint density at radius 3 is 2.65 bits per heavy atom. The van der Waals surface area contributed by atoms with Gasteiger partial charge < -0.3 is 10.4 Å². The van der Waals surface area contributed by atoms with Gasteiger partial charge in [-0.25, -0.2) is 4.99 Å². The maximum absolute atomic E-state index is 12.0. The highest BCUT2D eigenvalue weighted by Gasteiger charge is 2.23. The predicted octanol–water partition coefficient (Wildman–Crippen LogP) is 4.65. The molecule has 1 amide bonds. The fourth-order valence-corrected chi connectivity index (χ4v) is 3.52. The van der Waals surface area contributed by atoms with Gasteiger partial charge in [-0.3, -0.25) is 4.79 Å². The van der Waals surface area contributed by atoms with Gasteiger partial charge in [0.15, 0.2) is 5.17 Å². The number of carbonyl (C=O) groups is 1. The molecular weight excluding hydrogens is 491 g/mol. The van der Waals surface area contributed by atoms with Gasteiger partial charge in [0.05, 0.1) is 14.2 Å². The zero-order chi connectivity index (χ0) is 16.4. The van der Waals surface area contributed by atoms with E-state index < -0.39 is 0 Å². The van der Waals surface area contributed by atoms with Crippen LogP contribution in [0.5, 0.6) is 5.75 Å². The number of amides is 1. The van der Waals surface area contributed by atoms with Gasteiger partial charge in [-0.2, -0.15) is 0 Å². The molecule has 0 atom stereocenters. The van der Waals surface area contributed by atoms with Crippen LogP contribution < -0.4 is 5.32 Å². The molecule has 1 heterocycles. The molecule has 0 saturated carbocycles. The second-order valence-corrected chi connectivity index (χ2v) is 7.78. The average Bonchev–Trinajstić information content (AvgIpc) is 2.85. The van der Waals surface area contributed by atoms with Crippen LogP contribution in [-0.4, -0.2) is 16.2 Å². The van der Waals surface area contributed by atoms with Crippen LogP contribution in [0.1, 0.15) is 5.56 Å². The number of hydrogen-bond acceptors (Lipinski definition) is 4. The van der Waals surface area contributed by atoms with Crippen molar-refractivity contribution in [3.05, 3.63) is 61.0 Å². The predicted molar refractivity (Wildman–Crippen MR) is 106 cm³/mol. The van der Waals surface area contributed by atoms with Crippen molar-refractivity contribution in [3.8, 4) is 5.75 Å². The van der Waals surface area contributed by atoms with Crippen molar-refractivity contribution in [2.75, 3.05) is 0 Å². The Balaban J connectivity index is 1.83. The summed E-state index contributed by atoms with van der Waals surface area (Å²) in [4.78, 5) is 17.0. The lowest BCUT2D eigenvalue weighted by Crippen LogP contribution is -2.19. The average molecular weight is 501 g/mol. The molecule has 0 radical (unpaired) electrons. The number of nitrogens with zero attached hydrogens (tertiary/aromatic N) is 1. The van der Waals surface area contributed by atoms with E-state index in [4.69, 9.17) is 0 Å². The van der Waals surface area contributed by atoms with E-state index in [1.165, 1.54) is 11.8 Å². The summed E-state index contributed by atoms with van der Waals surface area (Å²) < 4.78 is 1.72. The summed E-state index contributed by atoms with van der Waals surface area (Å²) in [5, 5.41) is 12.9. The number of thioether (sulfide) groups is 1. The minimum atomic E-state index is -0.172. The van der Waals surface area contributed by atoms with Gasteiger partial charge in [-0.05, 0) is 82.4 Å². The molecule has 0 aromatic heterocycles. The molecule has 1 saturated heterocycles. The summed E-state index contributed by atoms with van der Waals surface area (Å²) in [6.45, 7) is 0. The molecule has 116 valence electrons. The normalized spacial score (nSPS) is 17.7. The zero-order valence-corrected chi connectivity index (χ0v) is 16.1. The Labute approximate surface area is 159 Å². The summed E-state index contributed by atoms with van der Waals surface area (Å²) in [7, 11) is 0. The lowest BCUT2D eigenvalue weighted by molar-refractivity contribution is -0.115. The van der Waals surface area contributed by atoms with E-state index in [-0.39, 0.29) is 11.7 Å². The van der Waals surface area contributed by atoms with Crippen LogP contribution in [0.2, 0.25) is 0 Å². The lowest BCUT2D eigenvalue weighted by atomic mass is 10.2. The van der Waals surface area contributed by atoms with Crippen LogP contribution in [0.3, 0.4) is 0 Å². The van der Waals surface area contributed by atoms with E-state index in [1.807, 2.05) is 52.9 Å². The first-order valence-electron chi connectivity index (χ1n) is 6.55.